The molecule has 0 fully saturated rings. The van der Waals surface area contributed by atoms with Gasteiger partial charge in [-0.1, -0.05) is 47.6 Å². The van der Waals surface area contributed by atoms with E-state index in [0.717, 1.165) is 29.5 Å². The number of nitrogens with zero attached hydrogens (tertiary/aromatic N) is 2. The van der Waals surface area contributed by atoms with E-state index in [-0.39, 0.29) is 23.5 Å². The second kappa shape index (κ2) is 9.50. The molecule has 0 atom stereocenters. The fourth-order valence-corrected chi connectivity index (χ4v) is 4.13. The van der Waals surface area contributed by atoms with Crippen molar-refractivity contribution in [2.24, 2.45) is 0 Å². The third-order valence-electron chi connectivity index (χ3n) is 4.59. The Morgan fingerprint density at radius 2 is 1.88 bits per heavy atom. The highest BCUT2D eigenvalue weighted by atomic mass is 35.5. The molecule has 0 aliphatic rings. The van der Waals surface area contributed by atoms with Crippen LogP contribution in [0.3, 0.4) is 0 Å². The molecule has 1 amide bonds. The molecule has 4 rings (SSSR count). The number of para-hydroxylation sites is 1. The Labute approximate surface area is 191 Å². The number of hydrogen-bond acceptors (Lipinski definition) is 4. The maximum absolute atomic E-state index is 13.8. The van der Waals surface area contributed by atoms with Crippen LogP contribution in [0.15, 0.2) is 76.7 Å². The van der Waals surface area contributed by atoms with Gasteiger partial charge in [-0.25, -0.2) is 13.8 Å². The highest BCUT2D eigenvalue weighted by Gasteiger charge is 2.15. The van der Waals surface area contributed by atoms with Crippen LogP contribution in [0.4, 0.5) is 14.5 Å². The Kier molecular flexibility index (Phi) is 6.53. The number of halogens is 3. The van der Waals surface area contributed by atoms with Crippen LogP contribution in [-0.4, -0.2) is 21.2 Å². The molecule has 0 bridgehead atoms. The van der Waals surface area contributed by atoms with E-state index < -0.39 is 17.5 Å². The zero-order chi connectivity index (χ0) is 22.7. The smallest absolute Gasteiger partial charge is 0.262 e. The van der Waals surface area contributed by atoms with E-state index in [2.05, 4.69) is 10.3 Å². The summed E-state index contributed by atoms with van der Waals surface area (Å²) >= 11 is 7.12. The average Bonchev–Trinajstić information content (AvgIpc) is 2.76. The van der Waals surface area contributed by atoms with E-state index in [1.807, 2.05) is 6.07 Å². The third-order valence-corrected chi connectivity index (χ3v) is 5.81. The third kappa shape index (κ3) is 4.98. The number of anilines is 1. The predicted octanol–water partition coefficient (Wildman–Crippen LogP) is 5.11. The topological polar surface area (TPSA) is 64.0 Å². The quantitative estimate of drug-likeness (QED) is 0.313. The van der Waals surface area contributed by atoms with Crippen molar-refractivity contribution in [1.29, 1.82) is 0 Å². The van der Waals surface area contributed by atoms with Gasteiger partial charge >= 0.3 is 0 Å². The largest absolute Gasteiger partial charge is 0.323 e. The highest BCUT2D eigenvalue weighted by Crippen LogP contribution is 2.21. The van der Waals surface area contributed by atoms with Crippen molar-refractivity contribution < 1.29 is 13.6 Å². The highest BCUT2D eigenvalue weighted by molar-refractivity contribution is 7.99. The van der Waals surface area contributed by atoms with Crippen molar-refractivity contribution in [2.45, 2.75) is 11.7 Å². The minimum Gasteiger partial charge on any atom is -0.323 e. The lowest BCUT2D eigenvalue weighted by Crippen LogP contribution is -2.25. The molecule has 32 heavy (non-hydrogen) atoms. The van der Waals surface area contributed by atoms with Crippen molar-refractivity contribution in [1.82, 2.24) is 9.55 Å². The van der Waals surface area contributed by atoms with Crippen LogP contribution in [0, 0.1) is 11.6 Å². The number of rotatable bonds is 6. The number of nitrogens with one attached hydrogen (secondary N) is 1. The van der Waals surface area contributed by atoms with Gasteiger partial charge in [0, 0.05) is 11.1 Å². The van der Waals surface area contributed by atoms with E-state index in [9.17, 15) is 18.4 Å². The second-order valence-corrected chi connectivity index (χ2v) is 8.27. The van der Waals surface area contributed by atoms with Gasteiger partial charge in [-0.2, -0.15) is 0 Å². The van der Waals surface area contributed by atoms with E-state index >= 15 is 0 Å². The lowest BCUT2D eigenvalue weighted by Gasteiger charge is -2.13. The summed E-state index contributed by atoms with van der Waals surface area (Å²) in [6.45, 7) is 0.216. The number of carbonyl (C=O) groups is 1. The van der Waals surface area contributed by atoms with Crippen LogP contribution in [0.5, 0.6) is 0 Å². The standard InChI is InChI=1S/C23H16ClF2N3O2S/c24-15-5-3-4-14(10-15)12-29-22(31)17-6-1-2-7-19(17)28-23(29)32-13-21(30)27-20-9-8-16(25)11-18(20)26/h1-11H,12-13H2,(H,27,30). The number of hydrogen-bond donors (Lipinski definition) is 1. The average molecular weight is 472 g/mol. The molecule has 5 nitrogen and oxygen atoms in total. The van der Waals surface area contributed by atoms with Crippen molar-refractivity contribution in [3.05, 3.63) is 99.3 Å². The van der Waals surface area contributed by atoms with Gasteiger partial charge in [0.05, 0.1) is 28.9 Å². The minimum atomic E-state index is -0.870. The van der Waals surface area contributed by atoms with Crippen molar-refractivity contribution in [2.75, 3.05) is 11.1 Å². The normalized spacial score (nSPS) is 11.0. The summed E-state index contributed by atoms with van der Waals surface area (Å²) in [5.41, 5.74) is 0.937. The Morgan fingerprint density at radius 1 is 1.06 bits per heavy atom. The summed E-state index contributed by atoms with van der Waals surface area (Å²) in [5.74, 6) is -2.25. The Bertz CT molecular complexity index is 1380. The van der Waals surface area contributed by atoms with Crippen LogP contribution in [0.25, 0.3) is 10.9 Å². The second-order valence-electron chi connectivity index (χ2n) is 6.89. The molecule has 4 aromatic rings. The van der Waals surface area contributed by atoms with Gasteiger partial charge in [0.15, 0.2) is 5.16 Å². The first-order valence-electron chi connectivity index (χ1n) is 9.52. The fourth-order valence-electron chi connectivity index (χ4n) is 3.12. The number of benzene rings is 3. The molecule has 1 heterocycles. The fraction of sp³-hybridized carbons (Fsp3) is 0.0870. The molecule has 9 heteroatoms. The lowest BCUT2D eigenvalue weighted by molar-refractivity contribution is -0.113. The first kappa shape index (κ1) is 22.0. The molecule has 0 radical (unpaired) electrons. The zero-order valence-electron chi connectivity index (χ0n) is 16.5. The van der Waals surface area contributed by atoms with Gasteiger partial charge in [0.25, 0.3) is 5.56 Å². The molecule has 0 saturated carbocycles. The van der Waals surface area contributed by atoms with Gasteiger partial charge in [-0.15, -0.1) is 0 Å². The molecule has 1 N–H and O–H groups in total. The number of carbonyl (C=O) groups excluding carboxylic acids is 1. The monoisotopic (exact) mass is 471 g/mol. The van der Waals surface area contributed by atoms with Gasteiger partial charge in [-0.3, -0.25) is 14.2 Å². The Morgan fingerprint density at radius 3 is 2.66 bits per heavy atom. The maximum Gasteiger partial charge on any atom is 0.262 e. The molecule has 0 aliphatic heterocycles. The number of aromatic nitrogens is 2. The van der Waals surface area contributed by atoms with Crippen LogP contribution in [-0.2, 0) is 11.3 Å². The molecule has 162 valence electrons. The van der Waals surface area contributed by atoms with E-state index in [1.54, 1.807) is 42.5 Å². The van der Waals surface area contributed by atoms with Crippen molar-refractivity contribution in [3.63, 3.8) is 0 Å². The first-order chi connectivity index (χ1) is 15.4. The maximum atomic E-state index is 13.8. The number of fused-ring (bicyclic) bond motifs is 1. The van der Waals surface area contributed by atoms with Crippen LogP contribution < -0.4 is 10.9 Å². The number of amides is 1. The predicted molar refractivity (Wildman–Crippen MR) is 122 cm³/mol. The summed E-state index contributed by atoms with van der Waals surface area (Å²) in [6, 6.07) is 17.0. The van der Waals surface area contributed by atoms with E-state index in [4.69, 9.17) is 11.6 Å². The molecule has 0 unspecified atom stereocenters. The zero-order valence-corrected chi connectivity index (χ0v) is 18.1. The summed E-state index contributed by atoms with van der Waals surface area (Å²) in [5, 5.41) is 3.73. The molecule has 3 aromatic carbocycles. The molecule has 0 saturated heterocycles. The lowest BCUT2D eigenvalue weighted by atomic mass is 10.2. The molecule has 1 aromatic heterocycles. The van der Waals surface area contributed by atoms with Crippen LogP contribution in [0.1, 0.15) is 5.56 Å². The summed E-state index contributed by atoms with van der Waals surface area (Å²) in [4.78, 5) is 30.1. The van der Waals surface area contributed by atoms with Crippen molar-refractivity contribution >= 4 is 45.9 Å². The Balaban J connectivity index is 1.61. The molecule has 0 spiro atoms. The first-order valence-corrected chi connectivity index (χ1v) is 10.9. The summed E-state index contributed by atoms with van der Waals surface area (Å²) in [7, 11) is 0. The molecule has 0 aliphatic carbocycles. The van der Waals surface area contributed by atoms with Gasteiger partial charge in [-0.05, 0) is 42.0 Å². The van der Waals surface area contributed by atoms with Crippen LogP contribution in [0.2, 0.25) is 5.02 Å². The Hall–Kier alpha value is -3.23. The summed E-state index contributed by atoms with van der Waals surface area (Å²) < 4.78 is 28.3. The SMILES string of the molecule is O=C(CSc1nc2ccccc2c(=O)n1Cc1cccc(Cl)c1)Nc1ccc(F)cc1F. The minimum absolute atomic E-state index is 0.125. The number of thioether (sulfide) groups is 1. The summed E-state index contributed by atoms with van der Waals surface area (Å²) in [6.07, 6.45) is 0. The molecular weight excluding hydrogens is 456 g/mol. The molecular formula is C23H16ClF2N3O2S. The van der Waals surface area contributed by atoms with Gasteiger partial charge in [0.2, 0.25) is 5.91 Å². The van der Waals surface area contributed by atoms with Crippen LogP contribution >= 0.6 is 23.4 Å². The van der Waals surface area contributed by atoms with E-state index in [1.165, 1.54) is 4.57 Å². The van der Waals surface area contributed by atoms with E-state index in [0.29, 0.717) is 27.1 Å². The van der Waals surface area contributed by atoms with Gasteiger partial charge in [0.1, 0.15) is 11.6 Å². The van der Waals surface area contributed by atoms with Gasteiger partial charge < -0.3 is 5.32 Å². The van der Waals surface area contributed by atoms with Crippen molar-refractivity contribution in [3.8, 4) is 0 Å².